The third-order valence-electron chi connectivity index (χ3n) is 4.10. The largest absolute Gasteiger partial charge is 0.348 e. The number of benzene rings is 1. The molecule has 1 aromatic rings. The minimum atomic E-state index is -0.0804. The molecule has 2 bridgehead atoms. The van der Waals surface area contributed by atoms with Gasteiger partial charge in [-0.3, -0.25) is 4.79 Å². The lowest BCUT2D eigenvalue weighted by Gasteiger charge is -2.44. The highest BCUT2D eigenvalue weighted by Gasteiger charge is 2.34. The standard InChI is InChI=1S/C14H16Cl2N2O/c15-11-5-10(6-12(16)7-11)14(19)17-13-8-18-3-1-9(13)2-4-18/h5-7,9,13H,1-4,8H2,(H,17,19)/t13-/m0/s1. The Bertz CT molecular complexity index is 478. The van der Waals surface area contributed by atoms with E-state index < -0.39 is 0 Å². The fourth-order valence-corrected chi connectivity index (χ4v) is 3.59. The summed E-state index contributed by atoms with van der Waals surface area (Å²) in [6.45, 7) is 3.30. The topological polar surface area (TPSA) is 32.3 Å². The number of nitrogens with one attached hydrogen (secondary N) is 1. The number of nitrogens with zero attached hydrogens (tertiary/aromatic N) is 1. The average Bonchev–Trinajstić information content (AvgIpc) is 2.39. The van der Waals surface area contributed by atoms with E-state index in [9.17, 15) is 4.79 Å². The van der Waals surface area contributed by atoms with Crippen molar-refractivity contribution >= 4 is 29.1 Å². The molecule has 4 rings (SSSR count). The van der Waals surface area contributed by atoms with Gasteiger partial charge in [-0.05, 0) is 50.0 Å². The molecule has 0 unspecified atom stereocenters. The van der Waals surface area contributed by atoms with Gasteiger partial charge in [-0.1, -0.05) is 23.2 Å². The Morgan fingerprint density at radius 3 is 2.32 bits per heavy atom. The number of hydrogen-bond donors (Lipinski definition) is 1. The first-order valence-corrected chi connectivity index (χ1v) is 7.37. The highest BCUT2D eigenvalue weighted by Crippen LogP contribution is 2.28. The molecule has 0 aliphatic carbocycles. The van der Waals surface area contributed by atoms with Crippen LogP contribution >= 0.6 is 23.2 Å². The monoisotopic (exact) mass is 298 g/mol. The van der Waals surface area contributed by atoms with Crippen LogP contribution in [0.25, 0.3) is 0 Å². The predicted molar refractivity (Wildman–Crippen MR) is 76.9 cm³/mol. The van der Waals surface area contributed by atoms with Crippen LogP contribution in [-0.2, 0) is 0 Å². The van der Waals surface area contributed by atoms with Gasteiger partial charge in [-0.2, -0.15) is 0 Å². The number of halogens is 2. The summed E-state index contributed by atoms with van der Waals surface area (Å²) in [5.74, 6) is 0.534. The van der Waals surface area contributed by atoms with Gasteiger partial charge >= 0.3 is 0 Å². The first-order valence-electron chi connectivity index (χ1n) is 6.61. The van der Waals surface area contributed by atoms with Gasteiger partial charge < -0.3 is 10.2 Å². The van der Waals surface area contributed by atoms with Crippen molar-refractivity contribution in [2.75, 3.05) is 19.6 Å². The third-order valence-corrected chi connectivity index (χ3v) is 4.53. The summed E-state index contributed by atoms with van der Waals surface area (Å²) >= 11 is 11.9. The van der Waals surface area contributed by atoms with Gasteiger partial charge in [0, 0.05) is 28.2 Å². The third kappa shape index (κ3) is 2.88. The van der Waals surface area contributed by atoms with Gasteiger partial charge in [0.05, 0.1) is 0 Å². The zero-order chi connectivity index (χ0) is 13.4. The molecule has 1 N–H and O–H groups in total. The molecule has 0 aromatic heterocycles. The molecule has 3 heterocycles. The molecule has 5 heteroatoms. The molecule has 0 radical (unpaired) electrons. The van der Waals surface area contributed by atoms with Crippen molar-refractivity contribution in [1.29, 1.82) is 0 Å². The summed E-state index contributed by atoms with van der Waals surface area (Å²) in [6.07, 6.45) is 2.36. The summed E-state index contributed by atoms with van der Waals surface area (Å²) < 4.78 is 0. The maximum absolute atomic E-state index is 12.2. The molecular weight excluding hydrogens is 283 g/mol. The van der Waals surface area contributed by atoms with Crippen molar-refractivity contribution in [2.24, 2.45) is 5.92 Å². The quantitative estimate of drug-likeness (QED) is 0.911. The maximum Gasteiger partial charge on any atom is 0.251 e. The van der Waals surface area contributed by atoms with Crippen LogP contribution in [0, 0.1) is 5.92 Å². The van der Waals surface area contributed by atoms with E-state index in [1.54, 1.807) is 18.2 Å². The minimum Gasteiger partial charge on any atom is -0.348 e. The van der Waals surface area contributed by atoms with E-state index in [-0.39, 0.29) is 11.9 Å². The molecule has 3 aliphatic heterocycles. The predicted octanol–water partition coefficient (Wildman–Crippen LogP) is 2.82. The van der Waals surface area contributed by atoms with Crippen LogP contribution in [-0.4, -0.2) is 36.5 Å². The van der Waals surface area contributed by atoms with Crippen molar-refractivity contribution in [3.05, 3.63) is 33.8 Å². The smallest absolute Gasteiger partial charge is 0.251 e. The summed E-state index contributed by atoms with van der Waals surface area (Å²) in [5, 5.41) is 4.11. The van der Waals surface area contributed by atoms with Crippen molar-refractivity contribution in [1.82, 2.24) is 10.2 Å². The Labute approximate surface area is 122 Å². The molecular formula is C14H16Cl2N2O. The number of amides is 1. The van der Waals surface area contributed by atoms with E-state index in [1.807, 2.05) is 0 Å². The second kappa shape index (κ2) is 5.31. The minimum absolute atomic E-state index is 0.0804. The molecule has 3 fully saturated rings. The van der Waals surface area contributed by atoms with Gasteiger partial charge in [0.1, 0.15) is 0 Å². The van der Waals surface area contributed by atoms with Crippen LogP contribution in [0.2, 0.25) is 10.0 Å². The number of rotatable bonds is 2. The normalized spacial score (nSPS) is 29.3. The second-order valence-corrected chi connectivity index (χ2v) is 6.25. The SMILES string of the molecule is O=C(N[C@H]1CN2CCC1CC2)c1cc(Cl)cc(Cl)c1. The number of piperidine rings is 3. The summed E-state index contributed by atoms with van der Waals surface area (Å²) in [5.41, 5.74) is 0.536. The zero-order valence-electron chi connectivity index (χ0n) is 10.5. The Balaban J connectivity index is 1.71. The Kier molecular flexibility index (Phi) is 3.70. The highest BCUT2D eigenvalue weighted by molar-refractivity contribution is 6.35. The molecule has 3 nitrogen and oxygen atoms in total. The average molecular weight is 299 g/mol. The van der Waals surface area contributed by atoms with Crippen LogP contribution < -0.4 is 5.32 Å². The Morgan fingerprint density at radius 2 is 1.79 bits per heavy atom. The van der Waals surface area contributed by atoms with Crippen molar-refractivity contribution < 1.29 is 4.79 Å². The fourth-order valence-electron chi connectivity index (χ4n) is 3.07. The van der Waals surface area contributed by atoms with Gasteiger partial charge in [-0.15, -0.1) is 0 Å². The van der Waals surface area contributed by atoms with Crippen LogP contribution in [0.5, 0.6) is 0 Å². The lowest BCUT2D eigenvalue weighted by atomic mass is 9.84. The van der Waals surface area contributed by atoms with E-state index in [0.29, 0.717) is 21.5 Å². The van der Waals surface area contributed by atoms with E-state index >= 15 is 0 Å². The van der Waals surface area contributed by atoms with Crippen LogP contribution in [0.1, 0.15) is 23.2 Å². The fraction of sp³-hybridized carbons (Fsp3) is 0.500. The van der Waals surface area contributed by atoms with E-state index in [2.05, 4.69) is 10.2 Å². The van der Waals surface area contributed by atoms with Crippen LogP contribution in [0.4, 0.5) is 0 Å². The Hall–Kier alpha value is -0.770. The van der Waals surface area contributed by atoms with Gasteiger partial charge in [0.2, 0.25) is 0 Å². The van der Waals surface area contributed by atoms with Gasteiger partial charge in [0.15, 0.2) is 0 Å². The molecule has 1 amide bonds. The number of carbonyl (C=O) groups excluding carboxylic acids is 1. The molecule has 102 valence electrons. The number of fused-ring (bicyclic) bond motifs is 3. The summed E-state index contributed by atoms with van der Waals surface area (Å²) in [7, 11) is 0. The molecule has 3 aliphatic rings. The highest BCUT2D eigenvalue weighted by atomic mass is 35.5. The zero-order valence-corrected chi connectivity index (χ0v) is 12.0. The number of carbonyl (C=O) groups is 1. The Morgan fingerprint density at radius 1 is 1.16 bits per heavy atom. The van der Waals surface area contributed by atoms with Crippen molar-refractivity contribution in [2.45, 2.75) is 18.9 Å². The molecule has 1 aromatic carbocycles. The van der Waals surface area contributed by atoms with E-state index in [4.69, 9.17) is 23.2 Å². The molecule has 0 saturated carbocycles. The molecule has 0 spiro atoms. The number of hydrogen-bond acceptors (Lipinski definition) is 2. The van der Waals surface area contributed by atoms with Crippen LogP contribution in [0.15, 0.2) is 18.2 Å². The molecule has 3 saturated heterocycles. The second-order valence-electron chi connectivity index (χ2n) is 5.38. The lowest BCUT2D eigenvalue weighted by Crippen LogP contribution is -2.57. The van der Waals surface area contributed by atoms with Gasteiger partial charge in [-0.25, -0.2) is 0 Å². The van der Waals surface area contributed by atoms with Gasteiger partial charge in [0.25, 0.3) is 5.91 Å². The first kappa shape index (κ1) is 13.2. The summed E-state index contributed by atoms with van der Waals surface area (Å²) in [6, 6.07) is 5.20. The van der Waals surface area contributed by atoms with E-state index in [0.717, 1.165) is 6.54 Å². The van der Waals surface area contributed by atoms with E-state index in [1.165, 1.54) is 25.9 Å². The van der Waals surface area contributed by atoms with Crippen LogP contribution in [0.3, 0.4) is 0 Å². The maximum atomic E-state index is 12.2. The lowest BCUT2D eigenvalue weighted by molar-refractivity contribution is 0.0620. The summed E-state index contributed by atoms with van der Waals surface area (Å²) in [4.78, 5) is 14.7. The van der Waals surface area contributed by atoms with Crippen molar-refractivity contribution in [3.63, 3.8) is 0 Å². The molecule has 19 heavy (non-hydrogen) atoms. The first-order chi connectivity index (χ1) is 9.11. The molecule has 1 atom stereocenters. The van der Waals surface area contributed by atoms with Crippen molar-refractivity contribution in [3.8, 4) is 0 Å².